The summed E-state index contributed by atoms with van der Waals surface area (Å²) in [5.74, 6) is 5.96. The van der Waals surface area contributed by atoms with Gasteiger partial charge in [-0.05, 0) is 18.3 Å². The van der Waals surface area contributed by atoms with Crippen LogP contribution in [-0.4, -0.2) is 30.5 Å². The van der Waals surface area contributed by atoms with Gasteiger partial charge >= 0.3 is 0 Å². The third-order valence-corrected chi connectivity index (χ3v) is 4.97. The molecule has 2 bridgehead atoms. The third kappa shape index (κ3) is 2.95. The number of aliphatic hydroxyl groups excluding tert-OH is 2. The van der Waals surface area contributed by atoms with Crippen LogP contribution in [0.2, 0.25) is 19.6 Å². The number of aliphatic hydroxyl groups is 2. The maximum Gasteiger partial charge on any atom is 0.129 e. The molecule has 2 N–H and O–H groups in total. The molecular formula is C16H22O2Si. The zero-order valence-corrected chi connectivity index (χ0v) is 12.8. The Morgan fingerprint density at radius 2 is 1.63 bits per heavy atom. The van der Waals surface area contributed by atoms with Gasteiger partial charge < -0.3 is 10.2 Å². The van der Waals surface area contributed by atoms with Gasteiger partial charge in [-0.1, -0.05) is 43.6 Å². The van der Waals surface area contributed by atoms with Gasteiger partial charge in [0.15, 0.2) is 0 Å². The maximum atomic E-state index is 10.4. The van der Waals surface area contributed by atoms with E-state index in [1.54, 1.807) is 0 Å². The lowest BCUT2D eigenvalue weighted by Gasteiger charge is -2.31. The fourth-order valence-corrected chi connectivity index (χ4v) is 3.87. The van der Waals surface area contributed by atoms with Crippen molar-refractivity contribution in [1.29, 1.82) is 0 Å². The molecule has 0 amide bonds. The summed E-state index contributed by atoms with van der Waals surface area (Å²) in [6.07, 6.45) is 9.15. The smallest absolute Gasteiger partial charge is 0.129 e. The Hall–Kier alpha value is -1.00. The van der Waals surface area contributed by atoms with Gasteiger partial charge in [0.05, 0.1) is 0 Å². The van der Waals surface area contributed by atoms with Crippen molar-refractivity contribution in [1.82, 2.24) is 0 Å². The Morgan fingerprint density at radius 1 is 1.11 bits per heavy atom. The number of terminal acetylenes is 1. The van der Waals surface area contributed by atoms with Crippen LogP contribution in [0.4, 0.5) is 0 Å². The van der Waals surface area contributed by atoms with Crippen molar-refractivity contribution in [2.45, 2.75) is 38.3 Å². The molecule has 3 heteroatoms. The molecule has 0 saturated heterocycles. The minimum Gasteiger partial charge on any atom is -0.380 e. The summed E-state index contributed by atoms with van der Waals surface area (Å²) in [7, 11) is -1.49. The molecule has 3 unspecified atom stereocenters. The highest BCUT2D eigenvalue weighted by molar-refractivity contribution is 6.83. The van der Waals surface area contributed by atoms with Gasteiger partial charge in [-0.3, -0.25) is 0 Å². The summed E-state index contributed by atoms with van der Waals surface area (Å²) in [4.78, 5) is 0. The number of allylic oxidation sites excluding steroid dienone is 2. The highest BCUT2D eigenvalue weighted by Crippen LogP contribution is 2.50. The molecule has 0 aromatic heterocycles. The van der Waals surface area contributed by atoms with Crippen LogP contribution >= 0.6 is 0 Å². The summed E-state index contributed by atoms with van der Waals surface area (Å²) >= 11 is 0. The van der Waals surface area contributed by atoms with Crippen molar-refractivity contribution in [2.24, 2.45) is 23.7 Å². The van der Waals surface area contributed by atoms with Crippen molar-refractivity contribution in [3.8, 4) is 23.8 Å². The van der Waals surface area contributed by atoms with Gasteiger partial charge in [-0.25, -0.2) is 0 Å². The van der Waals surface area contributed by atoms with E-state index in [2.05, 4.69) is 49.2 Å². The van der Waals surface area contributed by atoms with Crippen LogP contribution in [0, 0.1) is 47.5 Å². The average molecular weight is 274 g/mol. The van der Waals surface area contributed by atoms with Crippen LogP contribution in [0.1, 0.15) is 6.42 Å². The minimum atomic E-state index is -1.49. The molecule has 2 aliphatic rings. The van der Waals surface area contributed by atoms with Crippen molar-refractivity contribution < 1.29 is 10.2 Å². The van der Waals surface area contributed by atoms with Crippen LogP contribution in [-0.2, 0) is 0 Å². The molecule has 1 saturated carbocycles. The number of hydrogen-bond donors (Lipinski definition) is 2. The number of fused-ring (bicyclic) bond motifs is 2. The van der Waals surface area contributed by atoms with E-state index >= 15 is 0 Å². The Labute approximate surface area is 116 Å². The quantitative estimate of drug-likeness (QED) is 0.457. The van der Waals surface area contributed by atoms with E-state index < -0.39 is 20.3 Å². The molecule has 1 fully saturated rings. The zero-order chi connectivity index (χ0) is 14.2. The highest BCUT2D eigenvalue weighted by atomic mass is 28.3. The van der Waals surface area contributed by atoms with Crippen LogP contribution in [0.5, 0.6) is 0 Å². The summed E-state index contributed by atoms with van der Waals surface area (Å²) < 4.78 is 0. The molecule has 6 atom stereocenters. The molecule has 0 aromatic carbocycles. The van der Waals surface area contributed by atoms with Crippen molar-refractivity contribution in [2.75, 3.05) is 0 Å². The molecule has 102 valence electrons. The largest absolute Gasteiger partial charge is 0.380 e. The van der Waals surface area contributed by atoms with E-state index in [1.807, 2.05) is 0 Å². The molecule has 19 heavy (non-hydrogen) atoms. The number of rotatable bonds is 2. The Kier molecular flexibility index (Phi) is 3.92. The van der Waals surface area contributed by atoms with Gasteiger partial charge in [-0.15, -0.1) is 12.0 Å². The average Bonchev–Trinajstić information content (AvgIpc) is 2.93. The first-order valence-electron chi connectivity index (χ1n) is 6.87. The van der Waals surface area contributed by atoms with E-state index in [0.717, 1.165) is 6.42 Å². The normalized spacial score (nSPS) is 35.4. The van der Waals surface area contributed by atoms with Gasteiger partial charge in [-0.2, -0.15) is 0 Å². The summed E-state index contributed by atoms with van der Waals surface area (Å²) in [5, 5.41) is 20.4. The standard InChI is InChI=1S/C16H22O2Si/c1-5-13(17)15-11-6-7-12(10-11)16(15)14(18)8-9-19(2,3)4/h1,6-7,11-18H,10H2,2-4H3/t11?,12-,13?,14?,15-,16+/m1/s1. The second-order valence-corrected chi connectivity index (χ2v) is 11.4. The lowest BCUT2D eigenvalue weighted by molar-refractivity contribution is 0.0499. The van der Waals surface area contributed by atoms with Crippen molar-refractivity contribution >= 4 is 8.07 Å². The van der Waals surface area contributed by atoms with Crippen LogP contribution in [0.3, 0.4) is 0 Å². The SMILES string of the molecule is C#CC(O)[C@H]1C2C=C[C@H](C2)[C@H]1C(O)C#C[Si](C)(C)C. The van der Waals surface area contributed by atoms with E-state index in [0.29, 0.717) is 11.8 Å². The first kappa shape index (κ1) is 14.4. The van der Waals surface area contributed by atoms with E-state index in [1.165, 1.54) is 0 Å². The Balaban J connectivity index is 2.20. The van der Waals surface area contributed by atoms with Gasteiger partial charge in [0.2, 0.25) is 0 Å². The first-order chi connectivity index (χ1) is 8.83. The molecule has 2 nitrogen and oxygen atoms in total. The molecule has 2 aliphatic carbocycles. The molecule has 2 rings (SSSR count). The van der Waals surface area contributed by atoms with Gasteiger partial charge in [0.25, 0.3) is 0 Å². The van der Waals surface area contributed by atoms with Crippen molar-refractivity contribution in [3.63, 3.8) is 0 Å². The predicted octanol–water partition coefficient (Wildman–Crippen LogP) is 1.66. The molecule has 0 spiro atoms. The van der Waals surface area contributed by atoms with Gasteiger partial charge in [0.1, 0.15) is 20.3 Å². The van der Waals surface area contributed by atoms with Crippen LogP contribution in [0.15, 0.2) is 12.2 Å². The topological polar surface area (TPSA) is 40.5 Å². The third-order valence-electron chi connectivity index (χ3n) is 4.08. The summed E-state index contributed by atoms with van der Waals surface area (Å²) in [6, 6.07) is 0. The van der Waals surface area contributed by atoms with Gasteiger partial charge in [0, 0.05) is 11.8 Å². The maximum absolute atomic E-state index is 10.4. The monoisotopic (exact) mass is 274 g/mol. The second kappa shape index (κ2) is 5.17. The summed E-state index contributed by atoms with van der Waals surface area (Å²) in [6.45, 7) is 6.46. The fourth-order valence-electron chi connectivity index (χ4n) is 3.29. The number of hydrogen-bond acceptors (Lipinski definition) is 2. The highest BCUT2D eigenvalue weighted by Gasteiger charge is 2.49. The minimum absolute atomic E-state index is 0.0232. The lowest BCUT2D eigenvalue weighted by atomic mass is 9.77. The van der Waals surface area contributed by atoms with Crippen molar-refractivity contribution in [3.05, 3.63) is 12.2 Å². The van der Waals surface area contributed by atoms with E-state index in [-0.39, 0.29) is 11.8 Å². The summed E-state index contributed by atoms with van der Waals surface area (Å²) in [5.41, 5.74) is 3.22. The van der Waals surface area contributed by atoms with Crippen LogP contribution < -0.4 is 0 Å². The fraction of sp³-hybridized carbons (Fsp3) is 0.625. The molecule has 0 aliphatic heterocycles. The van der Waals surface area contributed by atoms with E-state index in [4.69, 9.17) is 6.42 Å². The Bertz CT molecular complexity index is 472. The first-order valence-corrected chi connectivity index (χ1v) is 10.4. The second-order valence-electron chi connectivity index (χ2n) is 6.68. The molecule has 0 radical (unpaired) electrons. The predicted molar refractivity (Wildman–Crippen MR) is 79.7 cm³/mol. The Morgan fingerprint density at radius 3 is 2.11 bits per heavy atom. The van der Waals surface area contributed by atoms with Crippen LogP contribution in [0.25, 0.3) is 0 Å². The zero-order valence-electron chi connectivity index (χ0n) is 11.8. The van der Waals surface area contributed by atoms with E-state index in [9.17, 15) is 10.2 Å². The molecular weight excluding hydrogens is 252 g/mol. The molecule has 0 aromatic rings. The lowest BCUT2D eigenvalue weighted by Crippen LogP contribution is -2.37. The molecule has 0 heterocycles.